The lowest BCUT2D eigenvalue weighted by Crippen LogP contribution is -2.28. The SMILES string of the molecule is COc1cc(C)c(SC)cc1[C@@H]1CCCNC1. The third-order valence-corrected chi connectivity index (χ3v) is 4.36. The smallest absolute Gasteiger partial charge is 0.122 e. The zero-order chi connectivity index (χ0) is 12.3. The summed E-state index contributed by atoms with van der Waals surface area (Å²) >= 11 is 1.82. The topological polar surface area (TPSA) is 21.3 Å². The van der Waals surface area contributed by atoms with Gasteiger partial charge in [0.1, 0.15) is 5.75 Å². The molecule has 3 heteroatoms. The molecule has 1 aromatic rings. The highest BCUT2D eigenvalue weighted by Crippen LogP contribution is 2.35. The Balaban J connectivity index is 2.35. The Morgan fingerprint density at radius 3 is 2.82 bits per heavy atom. The summed E-state index contributed by atoms with van der Waals surface area (Å²) < 4.78 is 5.54. The number of hydrogen-bond donors (Lipinski definition) is 1. The second kappa shape index (κ2) is 5.78. The fourth-order valence-electron chi connectivity index (χ4n) is 2.51. The van der Waals surface area contributed by atoms with Crippen molar-refractivity contribution in [3.63, 3.8) is 0 Å². The van der Waals surface area contributed by atoms with Crippen molar-refractivity contribution >= 4 is 11.8 Å². The van der Waals surface area contributed by atoms with Crippen molar-refractivity contribution in [3.8, 4) is 5.75 Å². The molecule has 0 unspecified atom stereocenters. The molecule has 0 spiro atoms. The van der Waals surface area contributed by atoms with Gasteiger partial charge in [-0.1, -0.05) is 0 Å². The molecule has 0 saturated carbocycles. The van der Waals surface area contributed by atoms with Crippen LogP contribution < -0.4 is 10.1 Å². The average molecular weight is 251 g/mol. The first-order valence-electron chi connectivity index (χ1n) is 6.19. The number of methoxy groups -OCH3 is 1. The van der Waals surface area contributed by atoms with E-state index in [9.17, 15) is 0 Å². The average Bonchev–Trinajstić information content (AvgIpc) is 2.39. The van der Waals surface area contributed by atoms with Crippen LogP contribution in [0.15, 0.2) is 17.0 Å². The number of rotatable bonds is 3. The first-order chi connectivity index (χ1) is 8.26. The predicted octanol–water partition coefficient (Wildman–Crippen LogP) is 3.19. The molecule has 0 radical (unpaired) electrons. The molecule has 2 nitrogen and oxygen atoms in total. The van der Waals surface area contributed by atoms with Crippen molar-refractivity contribution in [1.29, 1.82) is 0 Å². The molecule has 0 aliphatic carbocycles. The van der Waals surface area contributed by atoms with E-state index in [0.29, 0.717) is 5.92 Å². The Hall–Kier alpha value is -0.670. The van der Waals surface area contributed by atoms with Crippen LogP contribution in [0.1, 0.15) is 29.9 Å². The van der Waals surface area contributed by atoms with E-state index in [1.165, 1.54) is 28.9 Å². The highest BCUT2D eigenvalue weighted by Gasteiger charge is 2.20. The minimum absolute atomic E-state index is 0.602. The molecule has 1 aliphatic rings. The van der Waals surface area contributed by atoms with Crippen LogP contribution in [0.2, 0.25) is 0 Å². The molecule has 2 rings (SSSR count). The van der Waals surface area contributed by atoms with Gasteiger partial charge in [-0.3, -0.25) is 0 Å². The Kier molecular flexibility index (Phi) is 4.35. The van der Waals surface area contributed by atoms with E-state index < -0.39 is 0 Å². The van der Waals surface area contributed by atoms with Gasteiger partial charge in [-0.25, -0.2) is 0 Å². The maximum atomic E-state index is 5.54. The van der Waals surface area contributed by atoms with Crippen LogP contribution in [0.4, 0.5) is 0 Å². The van der Waals surface area contributed by atoms with Crippen molar-refractivity contribution < 1.29 is 4.74 Å². The summed E-state index contributed by atoms with van der Waals surface area (Å²) in [5.74, 6) is 1.65. The normalized spacial score (nSPS) is 20.3. The van der Waals surface area contributed by atoms with E-state index in [1.54, 1.807) is 7.11 Å². The molecule has 1 atom stereocenters. The summed E-state index contributed by atoms with van der Waals surface area (Å²) in [5.41, 5.74) is 2.68. The van der Waals surface area contributed by atoms with Crippen LogP contribution in [0.3, 0.4) is 0 Å². The molecule has 1 fully saturated rings. The van der Waals surface area contributed by atoms with Gasteiger partial charge in [0.2, 0.25) is 0 Å². The minimum Gasteiger partial charge on any atom is -0.496 e. The molecule has 0 aromatic heterocycles. The summed E-state index contributed by atoms with van der Waals surface area (Å²) in [6.07, 6.45) is 4.66. The Morgan fingerprint density at radius 1 is 1.41 bits per heavy atom. The van der Waals surface area contributed by atoms with E-state index in [0.717, 1.165) is 18.8 Å². The molecular formula is C14H21NOS. The van der Waals surface area contributed by atoms with Crippen LogP contribution in [0, 0.1) is 6.92 Å². The number of hydrogen-bond acceptors (Lipinski definition) is 3. The lowest BCUT2D eigenvalue weighted by molar-refractivity contribution is 0.391. The molecule has 17 heavy (non-hydrogen) atoms. The zero-order valence-corrected chi connectivity index (χ0v) is 11.7. The molecule has 0 amide bonds. The van der Waals surface area contributed by atoms with Gasteiger partial charge in [0.25, 0.3) is 0 Å². The number of thioether (sulfide) groups is 1. The number of nitrogens with one attached hydrogen (secondary N) is 1. The van der Waals surface area contributed by atoms with E-state index in [-0.39, 0.29) is 0 Å². The molecule has 1 aromatic carbocycles. The van der Waals surface area contributed by atoms with E-state index in [1.807, 2.05) is 11.8 Å². The van der Waals surface area contributed by atoms with Crippen LogP contribution in [-0.2, 0) is 0 Å². The van der Waals surface area contributed by atoms with Gasteiger partial charge in [0, 0.05) is 17.4 Å². The molecular weight excluding hydrogens is 230 g/mol. The second-order valence-corrected chi connectivity index (χ2v) is 5.46. The fourth-order valence-corrected chi connectivity index (χ4v) is 3.14. The molecule has 0 bridgehead atoms. The largest absolute Gasteiger partial charge is 0.496 e. The third kappa shape index (κ3) is 2.78. The third-order valence-electron chi connectivity index (χ3n) is 3.48. The maximum absolute atomic E-state index is 5.54. The Bertz CT molecular complexity index is 386. The van der Waals surface area contributed by atoms with Gasteiger partial charge in [0.15, 0.2) is 0 Å². The summed E-state index contributed by atoms with van der Waals surface area (Å²) in [5, 5.41) is 3.47. The second-order valence-electron chi connectivity index (χ2n) is 4.61. The number of ether oxygens (including phenoxy) is 1. The summed E-state index contributed by atoms with van der Waals surface area (Å²) in [7, 11) is 1.77. The van der Waals surface area contributed by atoms with Gasteiger partial charge >= 0.3 is 0 Å². The fraction of sp³-hybridized carbons (Fsp3) is 0.571. The van der Waals surface area contributed by atoms with Gasteiger partial charge in [-0.05, 0) is 55.8 Å². The number of aryl methyl sites for hydroxylation is 1. The van der Waals surface area contributed by atoms with Crippen molar-refractivity contribution in [2.24, 2.45) is 0 Å². The summed E-state index contributed by atoms with van der Waals surface area (Å²) in [6.45, 7) is 4.38. The van der Waals surface area contributed by atoms with Gasteiger partial charge < -0.3 is 10.1 Å². The van der Waals surface area contributed by atoms with Crippen LogP contribution in [0.25, 0.3) is 0 Å². The van der Waals surface area contributed by atoms with E-state index in [4.69, 9.17) is 4.74 Å². The highest BCUT2D eigenvalue weighted by molar-refractivity contribution is 7.98. The molecule has 1 saturated heterocycles. The van der Waals surface area contributed by atoms with E-state index in [2.05, 4.69) is 30.6 Å². The Labute approximate surface area is 108 Å². The first kappa shape index (κ1) is 12.8. The quantitative estimate of drug-likeness (QED) is 0.834. The van der Waals surface area contributed by atoms with Gasteiger partial charge in [-0.2, -0.15) is 0 Å². The Morgan fingerprint density at radius 2 is 2.24 bits per heavy atom. The van der Waals surface area contributed by atoms with Crippen molar-refractivity contribution in [3.05, 3.63) is 23.3 Å². The summed E-state index contributed by atoms with van der Waals surface area (Å²) in [6, 6.07) is 4.49. The molecule has 1 N–H and O–H groups in total. The maximum Gasteiger partial charge on any atom is 0.122 e. The van der Waals surface area contributed by atoms with Crippen LogP contribution >= 0.6 is 11.8 Å². The molecule has 1 heterocycles. The van der Waals surface area contributed by atoms with Crippen molar-refractivity contribution in [2.45, 2.75) is 30.6 Å². The van der Waals surface area contributed by atoms with Gasteiger partial charge in [0.05, 0.1) is 7.11 Å². The highest BCUT2D eigenvalue weighted by atomic mass is 32.2. The van der Waals surface area contributed by atoms with E-state index >= 15 is 0 Å². The molecule has 94 valence electrons. The lowest BCUT2D eigenvalue weighted by atomic mass is 9.90. The number of benzene rings is 1. The summed E-state index contributed by atoms with van der Waals surface area (Å²) in [4.78, 5) is 1.37. The standard InChI is InChI=1S/C14H21NOS/c1-10-7-13(16-2)12(8-14(10)17-3)11-5-4-6-15-9-11/h7-8,11,15H,4-6,9H2,1-3H3/t11-/m1/s1. The van der Waals surface area contributed by atoms with Crippen LogP contribution in [0.5, 0.6) is 5.75 Å². The van der Waals surface area contributed by atoms with Crippen molar-refractivity contribution in [2.75, 3.05) is 26.5 Å². The zero-order valence-electron chi connectivity index (χ0n) is 10.9. The first-order valence-corrected chi connectivity index (χ1v) is 7.42. The monoisotopic (exact) mass is 251 g/mol. The van der Waals surface area contributed by atoms with Crippen molar-refractivity contribution in [1.82, 2.24) is 5.32 Å². The predicted molar refractivity (Wildman–Crippen MR) is 74.4 cm³/mol. The van der Waals surface area contributed by atoms with Crippen LogP contribution in [-0.4, -0.2) is 26.5 Å². The minimum atomic E-state index is 0.602. The van der Waals surface area contributed by atoms with Gasteiger partial charge in [-0.15, -0.1) is 11.8 Å². The molecule has 1 aliphatic heterocycles. The lowest BCUT2D eigenvalue weighted by Gasteiger charge is -2.25. The number of piperidine rings is 1.